The number of hydrogen-bond donors (Lipinski definition) is 1. The van der Waals surface area contributed by atoms with Gasteiger partial charge in [0.2, 0.25) is 21.8 Å². The average Bonchev–Trinajstić information content (AvgIpc) is 3.18. The van der Waals surface area contributed by atoms with E-state index in [2.05, 4.69) is 15.5 Å². The zero-order valence-electron chi connectivity index (χ0n) is 12.3. The van der Waals surface area contributed by atoms with Crippen LogP contribution in [-0.2, 0) is 10.0 Å². The maximum atomic E-state index is 11.8. The fraction of sp³-hybridized carbons (Fsp3) is 0.846. The van der Waals surface area contributed by atoms with E-state index in [4.69, 9.17) is 4.42 Å². The van der Waals surface area contributed by atoms with Crippen LogP contribution in [0.1, 0.15) is 56.3 Å². The van der Waals surface area contributed by atoms with Gasteiger partial charge < -0.3 is 9.73 Å². The minimum Gasteiger partial charge on any atom is -0.423 e. The summed E-state index contributed by atoms with van der Waals surface area (Å²) in [7, 11) is -3.08. The molecule has 1 aromatic rings. The van der Waals surface area contributed by atoms with Crippen molar-refractivity contribution in [3.63, 3.8) is 0 Å². The van der Waals surface area contributed by atoms with Crippen molar-refractivity contribution in [1.82, 2.24) is 19.8 Å². The lowest BCUT2D eigenvalue weighted by atomic mass is 9.98. The normalized spacial score (nSPS) is 25.5. The maximum absolute atomic E-state index is 11.8. The van der Waals surface area contributed by atoms with E-state index in [-0.39, 0.29) is 17.7 Å². The largest absolute Gasteiger partial charge is 0.423 e. The van der Waals surface area contributed by atoms with Gasteiger partial charge in [-0.25, -0.2) is 12.7 Å². The molecule has 2 saturated heterocycles. The van der Waals surface area contributed by atoms with Crippen molar-refractivity contribution in [2.45, 2.75) is 44.6 Å². The van der Waals surface area contributed by atoms with Crippen LogP contribution < -0.4 is 5.32 Å². The van der Waals surface area contributed by atoms with Crippen molar-refractivity contribution in [2.75, 3.05) is 25.4 Å². The Labute approximate surface area is 125 Å². The minimum atomic E-state index is -3.08. The summed E-state index contributed by atoms with van der Waals surface area (Å²) in [5.41, 5.74) is 0. The van der Waals surface area contributed by atoms with Gasteiger partial charge >= 0.3 is 0 Å². The van der Waals surface area contributed by atoms with Crippen molar-refractivity contribution < 1.29 is 12.8 Å². The van der Waals surface area contributed by atoms with Crippen LogP contribution in [0.5, 0.6) is 0 Å². The number of piperidine rings is 1. The van der Waals surface area contributed by atoms with E-state index in [0.29, 0.717) is 24.9 Å². The Morgan fingerprint density at radius 1 is 1.24 bits per heavy atom. The fourth-order valence-electron chi connectivity index (χ4n) is 3.01. The molecule has 0 bridgehead atoms. The zero-order valence-corrected chi connectivity index (χ0v) is 13.1. The SMILES string of the molecule is CCS(=O)(=O)N1CCC(c2nnc([C@H]3CCCN3)o2)CC1. The van der Waals surface area contributed by atoms with Crippen LogP contribution >= 0.6 is 0 Å². The lowest BCUT2D eigenvalue weighted by molar-refractivity contribution is 0.282. The van der Waals surface area contributed by atoms with Crippen LogP contribution in [0.3, 0.4) is 0 Å². The standard InChI is InChI=1S/C13H22N4O3S/c1-2-21(18,19)17-8-5-10(6-9-17)12-15-16-13(20-12)11-4-3-7-14-11/h10-11,14H,2-9H2,1H3/t11-/m1/s1. The summed E-state index contributed by atoms with van der Waals surface area (Å²) in [5, 5.41) is 11.7. The molecule has 1 N–H and O–H groups in total. The van der Waals surface area contributed by atoms with Crippen molar-refractivity contribution in [1.29, 1.82) is 0 Å². The van der Waals surface area contributed by atoms with Gasteiger partial charge in [0, 0.05) is 19.0 Å². The van der Waals surface area contributed by atoms with E-state index in [0.717, 1.165) is 32.2 Å². The van der Waals surface area contributed by atoms with Gasteiger partial charge in [-0.2, -0.15) is 0 Å². The van der Waals surface area contributed by atoms with Crippen LogP contribution in [0.2, 0.25) is 0 Å². The molecule has 2 aliphatic heterocycles. The first-order valence-corrected chi connectivity index (χ1v) is 9.25. The van der Waals surface area contributed by atoms with E-state index in [1.807, 2.05) is 0 Å². The Morgan fingerprint density at radius 2 is 1.95 bits per heavy atom. The molecule has 2 aliphatic rings. The average molecular weight is 314 g/mol. The predicted octanol–water partition coefficient (Wildman–Crippen LogP) is 1.02. The predicted molar refractivity (Wildman–Crippen MR) is 77.3 cm³/mol. The summed E-state index contributed by atoms with van der Waals surface area (Å²) in [6.45, 7) is 3.76. The number of nitrogens with one attached hydrogen (secondary N) is 1. The Kier molecular flexibility index (Phi) is 4.28. The van der Waals surface area contributed by atoms with Gasteiger partial charge in [0.05, 0.1) is 11.8 Å². The third kappa shape index (κ3) is 3.12. The highest BCUT2D eigenvalue weighted by Gasteiger charge is 2.31. The number of sulfonamides is 1. The van der Waals surface area contributed by atoms with Crippen molar-refractivity contribution >= 4 is 10.0 Å². The number of aromatic nitrogens is 2. The van der Waals surface area contributed by atoms with Gasteiger partial charge in [-0.15, -0.1) is 10.2 Å². The zero-order chi connectivity index (χ0) is 14.9. The molecular formula is C13H22N4O3S. The number of rotatable bonds is 4. The molecule has 0 saturated carbocycles. The van der Waals surface area contributed by atoms with E-state index < -0.39 is 10.0 Å². The second-order valence-electron chi connectivity index (χ2n) is 5.70. The minimum absolute atomic E-state index is 0.162. The Balaban J connectivity index is 1.62. The smallest absolute Gasteiger partial charge is 0.233 e. The van der Waals surface area contributed by atoms with Gasteiger partial charge in [-0.1, -0.05) is 0 Å². The molecule has 7 nitrogen and oxygen atoms in total. The number of nitrogens with zero attached hydrogens (tertiary/aromatic N) is 3. The molecule has 0 aliphatic carbocycles. The molecule has 3 heterocycles. The maximum Gasteiger partial charge on any atom is 0.233 e. The molecule has 118 valence electrons. The third-order valence-corrected chi connectivity index (χ3v) is 6.26. The second-order valence-corrected chi connectivity index (χ2v) is 7.96. The Bertz CT molecular complexity index is 572. The molecule has 0 radical (unpaired) electrons. The van der Waals surface area contributed by atoms with E-state index >= 15 is 0 Å². The lowest BCUT2D eigenvalue weighted by Gasteiger charge is -2.29. The van der Waals surface area contributed by atoms with E-state index in [1.54, 1.807) is 11.2 Å². The van der Waals surface area contributed by atoms with Crippen molar-refractivity contribution in [3.8, 4) is 0 Å². The monoisotopic (exact) mass is 314 g/mol. The van der Waals surface area contributed by atoms with Gasteiger partial charge in [-0.3, -0.25) is 0 Å². The quantitative estimate of drug-likeness (QED) is 0.893. The summed E-state index contributed by atoms with van der Waals surface area (Å²) in [5.74, 6) is 1.67. The van der Waals surface area contributed by atoms with Gasteiger partial charge in [0.25, 0.3) is 0 Å². The Hall–Kier alpha value is -0.990. The fourth-order valence-corrected chi connectivity index (χ4v) is 4.14. The highest BCUT2D eigenvalue weighted by atomic mass is 32.2. The van der Waals surface area contributed by atoms with Gasteiger partial charge in [0.15, 0.2) is 0 Å². The Morgan fingerprint density at radius 3 is 2.57 bits per heavy atom. The molecule has 1 aromatic heterocycles. The number of hydrogen-bond acceptors (Lipinski definition) is 6. The molecule has 0 unspecified atom stereocenters. The topological polar surface area (TPSA) is 88.3 Å². The van der Waals surface area contributed by atoms with Crippen molar-refractivity contribution in [3.05, 3.63) is 11.8 Å². The van der Waals surface area contributed by atoms with Gasteiger partial charge in [0.1, 0.15) is 0 Å². The molecule has 1 atom stereocenters. The third-order valence-electron chi connectivity index (χ3n) is 4.38. The van der Waals surface area contributed by atoms with Crippen molar-refractivity contribution in [2.24, 2.45) is 0 Å². The summed E-state index contributed by atoms with van der Waals surface area (Å²) in [4.78, 5) is 0. The molecule has 0 amide bonds. The highest BCUT2D eigenvalue weighted by molar-refractivity contribution is 7.89. The first kappa shape index (κ1) is 14.9. The van der Waals surface area contributed by atoms with Crippen LogP contribution in [0.4, 0.5) is 0 Å². The van der Waals surface area contributed by atoms with Gasteiger partial charge in [-0.05, 0) is 39.2 Å². The summed E-state index contributed by atoms with van der Waals surface area (Å²) < 4.78 is 31.1. The first-order valence-electron chi connectivity index (χ1n) is 7.64. The molecule has 0 spiro atoms. The summed E-state index contributed by atoms with van der Waals surface area (Å²) in [6.07, 6.45) is 3.67. The lowest BCUT2D eigenvalue weighted by Crippen LogP contribution is -2.38. The van der Waals surface area contributed by atoms with E-state index in [1.165, 1.54) is 0 Å². The molecule has 0 aromatic carbocycles. The van der Waals surface area contributed by atoms with E-state index in [9.17, 15) is 8.42 Å². The second kappa shape index (κ2) is 6.02. The first-order chi connectivity index (χ1) is 10.1. The summed E-state index contributed by atoms with van der Waals surface area (Å²) >= 11 is 0. The molecule has 2 fully saturated rings. The van der Waals surface area contributed by atoms with Crippen LogP contribution in [0.25, 0.3) is 0 Å². The highest BCUT2D eigenvalue weighted by Crippen LogP contribution is 2.30. The molecule has 21 heavy (non-hydrogen) atoms. The molecule has 3 rings (SSSR count). The van der Waals surface area contributed by atoms with Crippen LogP contribution in [0.15, 0.2) is 4.42 Å². The van der Waals surface area contributed by atoms with Crippen LogP contribution in [0, 0.1) is 0 Å². The molecule has 8 heteroatoms. The summed E-state index contributed by atoms with van der Waals surface area (Å²) in [6, 6.07) is 0.187. The molecular weight excluding hydrogens is 292 g/mol. The van der Waals surface area contributed by atoms with Crippen LogP contribution in [-0.4, -0.2) is 48.3 Å².